The lowest BCUT2D eigenvalue weighted by atomic mass is 10.1. The molecule has 0 radical (unpaired) electrons. The highest BCUT2D eigenvalue weighted by atomic mass is 32.2. The van der Waals surface area contributed by atoms with Gasteiger partial charge in [-0.3, -0.25) is 14.9 Å². The first-order valence-corrected chi connectivity index (χ1v) is 8.03. The Morgan fingerprint density at radius 3 is 2.64 bits per heavy atom. The SMILES string of the molecule is CCOc1cc(C=C2SC(=O)NC2=O)ccc1OC(C)CC. The van der Waals surface area contributed by atoms with Crippen LogP contribution in [0.25, 0.3) is 6.08 Å². The summed E-state index contributed by atoms with van der Waals surface area (Å²) in [6.45, 7) is 6.47. The maximum absolute atomic E-state index is 11.6. The van der Waals surface area contributed by atoms with Crippen molar-refractivity contribution in [1.29, 1.82) is 0 Å². The van der Waals surface area contributed by atoms with Crippen molar-refractivity contribution in [3.05, 3.63) is 28.7 Å². The molecular weight excluding hydrogens is 302 g/mol. The highest BCUT2D eigenvalue weighted by Crippen LogP contribution is 2.32. The van der Waals surface area contributed by atoms with E-state index in [9.17, 15) is 9.59 Å². The Morgan fingerprint density at radius 2 is 2.05 bits per heavy atom. The van der Waals surface area contributed by atoms with E-state index in [1.165, 1.54) is 0 Å². The molecule has 6 heteroatoms. The van der Waals surface area contributed by atoms with E-state index in [-0.39, 0.29) is 17.3 Å². The number of hydrogen-bond acceptors (Lipinski definition) is 5. The quantitative estimate of drug-likeness (QED) is 0.811. The molecular formula is C16H19NO4S. The number of carbonyl (C=O) groups is 2. The van der Waals surface area contributed by atoms with Crippen molar-refractivity contribution in [2.45, 2.75) is 33.3 Å². The standard InChI is InChI=1S/C16H19NO4S/c1-4-10(3)21-12-7-6-11(8-13(12)20-5-2)9-14-15(18)17-16(19)22-14/h6-10H,4-5H2,1-3H3,(H,17,18,19). The van der Waals surface area contributed by atoms with Crippen LogP contribution in [0.3, 0.4) is 0 Å². The van der Waals surface area contributed by atoms with Crippen molar-refractivity contribution in [3.63, 3.8) is 0 Å². The van der Waals surface area contributed by atoms with Gasteiger partial charge in [-0.1, -0.05) is 13.0 Å². The van der Waals surface area contributed by atoms with Gasteiger partial charge < -0.3 is 9.47 Å². The summed E-state index contributed by atoms with van der Waals surface area (Å²) in [4.78, 5) is 23.1. The van der Waals surface area contributed by atoms with Gasteiger partial charge in [-0.15, -0.1) is 0 Å². The molecule has 1 aliphatic rings. The average molecular weight is 321 g/mol. The molecule has 1 aromatic rings. The molecule has 0 aromatic heterocycles. The number of ether oxygens (including phenoxy) is 2. The van der Waals surface area contributed by atoms with E-state index in [1.54, 1.807) is 6.08 Å². The summed E-state index contributed by atoms with van der Waals surface area (Å²) < 4.78 is 11.4. The second kappa shape index (κ2) is 7.35. The van der Waals surface area contributed by atoms with Gasteiger partial charge in [0, 0.05) is 0 Å². The van der Waals surface area contributed by atoms with Crippen molar-refractivity contribution in [3.8, 4) is 11.5 Å². The monoisotopic (exact) mass is 321 g/mol. The number of nitrogens with one attached hydrogen (secondary N) is 1. The van der Waals surface area contributed by atoms with Crippen molar-refractivity contribution in [2.24, 2.45) is 0 Å². The number of thioether (sulfide) groups is 1. The second-order valence-corrected chi connectivity index (χ2v) is 5.84. The van der Waals surface area contributed by atoms with Crippen LogP contribution in [0.5, 0.6) is 11.5 Å². The molecule has 0 spiro atoms. The van der Waals surface area contributed by atoms with Gasteiger partial charge in [-0.25, -0.2) is 0 Å². The van der Waals surface area contributed by atoms with Gasteiger partial charge in [0.05, 0.1) is 17.6 Å². The lowest BCUT2D eigenvalue weighted by molar-refractivity contribution is -0.115. The average Bonchev–Trinajstić information content (AvgIpc) is 2.79. The summed E-state index contributed by atoms with van der Waals surface area (Å²) in [6, 6.07) is 5.47. The number of amides is 2. The largest absolute Gasteiger partial charge is 0.490 e. The van der Waals surface area contributed by atoms with E-state index in [4.69, 9.17) is 9.47 Å². The van der Waals surface area contributed by atoms with Crippen LogP contribution in [0, 0.1) is 0 Å². The van der Waals surface area contributed by atoms with Crippen LogP contribution in [0.15, 0.2) is 23.1 Å². The number of hydrogen-bond donors (Lipinski definition) is 1. The van der Waals surface area contributed by atoms with Gasteiger partial charge in [0.2, 0.25) is 0 Å². The van der Waals surface area contributed by atoms with Crippen LogP contribution < -0.4 is 14.8 Å². The molecule has 1 heterocycles. The molecule has 5 nitrogen and oxygen atoms in total. The maximum Gasteiger partial charge on any atom is 0.290 e. The number of imide groups is 1. The fourth-order valence-corrected chi connectivity index (χ4v) is 2.53. The van der Waals surface area contributed by atoms with Crippen molar-refractivity contribution < 1.29 is 19.1 Å². The highest BCUT2D eigenvalue weighted by molar-refractivity contribution is 8.18. The fourth-order valence-electron chi connectivity index (χ4n) is 1.85. The molecule has 0 bridgehead atoms. The first kappa shape index (κ1) is 16.4. The summed E-state index contributed by atoms with van der Waals surface area (Å²) in [6.07, 6.45) is 2.66. The minimum Gasteiger partial charge on any atom is -0.490 e. The first-order chi connectivity index (χ1) is 10.5. The topological polar surface area (TPSA) is 64.6 Å². The molecule has 1 fully saturated rings. The number of carbonyl (C=O) groups excluding carboxylic acids is 2. The third-order valence-corrected chi connectivity index (χ3v) is 3.92. The Morgan fingerprint density at radius 1 is 1.27 bits per heavy atom. The molecule has 1 N–H and O–H groups in total. The zero-order valence-corrected chi connectivity index (χ0v) is 13.7. The Labute approximate surface area is 134 Å². The highest BCUT2D eigenvalue weighted by Gasteiger charge is 2.25. The van der Waals surface area contributed by atoms with Gasteiger partial charge >= 0.3 is 0 Å². The van der Waals surface area contributed by atoms with Crippen LogP contribution >= 0.6 is 11.8 Å². The molecule has 2 rings (SSSR count). The number of benzene rings is 1. The Hall–Kier alpha value is -1.95. The van der Waals surface area contributed by atoms with E-state index in [0.29, 0.717) is 23.0 Å². The Bertz CT molecular complexity index is 612. The van der Waals surface area contributed by atoms with Crippen LogP contribution in [-0.4, -0.2) is 23.9 Å². The summed E-state index contributed by atoms with van der Waals surface area (Å²) in [5.74, 6) is 0.942. The van der Waals surface area contributed by atoms with E-state index in [1.807, 2.05) is 32.0 Å². The molecule has 1 unspecified atom stereocenters. The Balaban J connectivity index is 2.27. The Kier molecular flexibility index (Phi) is 5.49. The molecule has 0 saturated carbocycles. The number of rotatable bonds is 6. The van der Waals surface area contributed by atoms with E-state index >= 15 is 0 Å². The van der Waals surface area contributed by atoms with Crippen molar-refractivity contribution in [2.75, 3.05) is 6.61 Å². The molecule has 22 heavy (non-hydrogen) atoms. The molecule has 1 aliphatic heterocycles. The first-order valence-electron chi connectivity index (χ1n) is 7.21. The summed E-state index contributed by atoms with van der Waals surface area (Å²) >= 11 is 0.896. The normalized spacial score (nSPS) is 17.5. The fraction of sp³-hybridized carbons (Fsp3) is 0.375. The summed E-state index contributed by atoms with van der Waals surface area (Å²) in [5, 5.41) is 1.88. The third-order valence-electron chi connectivity index (χ3n) is 3.11. The van der Waals surface area contributed by atoms with Crippen molar-refractivity contribution >= 4 is 29.0 Å². The minimum atomic E-state index is -0.368. The van der Waals surface area contributed by atoms with Gasteiger partial charge in [0.25, 0.3) is 11.1 Å². The van der Waals surface area contributed by atoms with Gasteiger partial charge in [0.1, 0.15) is 0 Å². The molecule has 1 atom stereocenters. The predicted octanol–water partition coefficient (Wildman–Crippen LogP) is 3.59. The molecule has 1 aromatic carbocycles. The lowest BCUT2D eigenvalue weighted by Crippen LogP contribution is -2.17. The van der Waals surface area contributed by atoms with Crippen LogP contribution in [-0.2, 0) is 4.79 Å². The second-order valence-electron chi connectivity index (χ2n) is 4.83. The molecule has 1 saturated heterocycles. The summed E-state index contributed by atoms with van der Waals surface area (Å²) in [5.41, 5.74) is 0.785. The zero-order chi connectivity index (χ0) is 16.1. The summed E-state index contributed by atoms with van der Waals surface area (Å²) in [7, 11) is 0. The molecule has 118 valence electrons. The molecule has 0 aliphatic carbocycles. The van der Waals surface area contributed by atoms with E-state index < -0.39 is 0 Å². The minimum absolute atomic E-state index is 0.0946. The van der Waals surface area contributed by atoms with Gasteiger partial charge in [-0.05, 0) is 55.8 Å². The van der Waals surface area contributed by atoms with Crippen LogP contribution in [0.4, 0.5) is 4.79 Å². The van der Waals surface area contributed by atoms with Crippen LogP contribution in [0.1, 0.15) is 32.8 Å². The zero-order valence-electron chi connectivity index (χ0n) is 12.8. The third kappa shape index (κ3) is 4.04. The van der Waals surface area contributed by atoms with E-state index in [0.717, 1.165) is 23.7 Å². The van der Waals surface area contributed by atoms with Gasteiger partial charge in [-0.2, -0.15) is 0 Å². The smallest absolute Gasteiger partial charge is 0.290 e. The van der Waals surface area contributed by atoms with Crippen molar-refractivity contribution in [1.82, 2.24) is 5.32 Å². The van der Waals surface area contributed by atoms with Crippen LogP contribution in [0.2, 0.25) is 0 Å². The molecule has 2 amide bonds. The maximum atomic E-state index is 11.6. The predicted molar refractivity (Wildman–Crippen MR) is 87.1 cm³/mol. The lowest BCUT2D eigenvalue weighted by Gasteiger charge is -2.16. The van der Waals surface area contributed by atoms with Gasteiger partial charge in [0.15, 0.2) is 11.5 Å². The van der Waals surface area contributed by atoms with E-state index in [2.05, 4.69) is 12.2 Å².